The molecule has 20 heavy (non-hydrogen) atoms. The minimum absolute atomic E-state index is 0.0864. The fourth-order valence-corrected chi connectivity index (χ4v) is 2.91. The molecule has 3 atom stereocenters. The van der Waals surface area contributed by atoms with Gasteiger partial charge >= 0.3 is 5.97 Å². The van der Waals surface area contributed by atoms with Gasteiger partial charge in [0.1, 0.15) is 6.04 Å². The van der Waals surface area contributed by atoms with Crippen LogP contribution in [0.2, 0.25) is 0 Å². The van der Waals surface area contributed by atoms with Gasteiger partial charge in [0.15, 0.2) is 0 Å². The number of esters is 1. The van der Waals surface area contributed by atoms with Gasteiger partial charge in [-0.2, -0.15) is 0 Å². The van der Waals surface area contributed by atoms with Crippen molar-refractivity contribution < 1.29 is 14.3 Å². The van der Waals surface area contributed by atoms with Crippen molar-refractivity contribution in [2.45, 2.75) is 57.5 Å². The van der Waals surface area contributed by atoms with Gasteiger partial charge in [0, 0.05) is 18.1 Å². The number of carbonyl (C=O) groups excluding carboxylic acids is 1. The molecule has 2 fully saturated rings. The fraction of sp³-hybridized carbons (Fsp3) is 0.812. The van der Waals surface area contributed by atoms with E-state index in [1.54, 1.807) is 0 Å². The van der Waals surface area contributed by atoms with Gasteiger partial charge in [0.2, 0.25) is 0 Å². The topological polar surface area (TPSA) is 47.6 Å². The van der Waals surface area contributed by atoms with Gasteiger partial charge < -0.3 is 14.8 Å². The highest BCUT2D eigenvalue weighted by atomic mass is 16.5. The number of fused-ring (bicyclic) bond motifs is 1. The Labute approximate surface area is 121 Å². The average molecular weight is 281 g/mol. The molecule has 0 radical (unpaired) electrons. The van der Waals surface area contributed by atoms with E-state index in [-0.39, 0.29) is 17.4 Å². The zero-order valence-corrected chi connectivity index (χ0v) is 12.5. The van der Waals surface area contributed by atoms with E-state index in [1.165, 1.54) is 0 Å². The van der Waals surface area contributed by atoms with E-state index in [9.17, 15) is 4.79 Å². The van der Waals surface area contributed by atoms with Crippen LogP contribution in [0.4, 0.5) is 0 Å². The van der Waals surface area contributed by atoms with E-state index in [0.717, 1.165) is 51.7 Å². The SMILES string of the molecule is C=CCCCOC[C@]12C[C@@H](C(=O)OCCCC)N[C@H]1C2. The molecule has 1 saturated heterocycles. The molecule has 0 amide bonds. The zero-order chi connectivity index (χ0) is 14.4. The molecule has 2 aliphatic rings. The van der Waals surface area contributed by atoms with Gasteiger partial charge in [-0.3, -0.25) is 4.79 Å². The van der Waals surface area contributed by atoms with Crippen LogP contribution in [0.25, 0.3) is 0 Å². The lowest BCUT2D eigenvalue weighted by Gasteiger charge is -2.15. The summed E-state index contributed by atoms with van der Waals surface area (Å²) in [5, 5.41) is 3.38. The molecule has 1 aliphatic carbocycles. The van der Waals surface area contributed by atoms with Crippen LogP contribution in [0.1, 0.15) is 45.4 Å². The summed E-state index contributed by atoms with van der Waals surface area (Å²) in [6.07, 6.45) is 7.94. The number of ether oxygens (including phenoxy) is 2. The first-order valence-corrected chi connectivity index (χ1v) is 7.83. The molecule has 0 aromatic carbocycles. The summed E-state index contributed by atoms with van der Waals surface area (Å²) in [7, 11) is 0. The smallest absolute Gasteiger partial charge is 0.323 e. The van der Waals surface area contributed by atoms with Crippen molar-refractivity contribution in [1.29, 1.82) is 0 Å². The number of piperidine rings is 1. The van der Waals surface area contributed by atoms with Gasteiger partial charge in [0.25, 0.3) is 0 Å². The number of rotatable bonds is 10. The van der Waals surface area contributed by atoms with Crippen LogP contribution in [0, 0.1) is 5.41 Å². The second-order valence-electron chi connectivity index (χ2n) is 6.05. The number of unbranched alkanes of at least 4 members (excludes halogenated alkanes) is 2. The maximum atomic E-state index is 11.9. The van der Waals surface area contributed by atoms with Crippen molar-refractivity contribution in [1.82, 2.24) is 5.32 Å². The minimum Gasteiger partial charge on any atom is -0.465 e. The third kappa shape index (κ3) is 3.83. The second-order valence-corrected chi connectivity index (χ2v) is 6.05. The second kappa shape index (κ2) is 7.23. The monoisotopic (exact) mass is 281 g/mol. The standard InChI is InChI=1S/C16H27NO3/c1-3-5-7-8-19-12-16-10-13(17-14(16)11-16)15(18)20-9-6-4-2/h3,13-14,17H,1,4-12H2,2H3/t13-,14-,16+/m0/s1. The lowest BCUT2D eigenvalue weighted by Crippen LogP contribution is -2.35. The summed E-state index contributed by atoms with van der Waals surface area (Å²) in [5.74, 6) is -0.0864. The van der Waals surface area contributed by atoms with Crippen LogP contribution in [-0.2, 0) is 14.3 Å². The van der Waals surface area contributed by atoms with Crippen molar-refractivity contribution in [3.05, 3.63) is 12.7 Å². The van der Waals surface area contributed by atoms with Crippen LogP contribution < -0.4 is 5.32 Å². The van der Waals surface area contributed by atoms with E-state index in [0.29, 0.717) is 12.6 Å². The third-order valence-electron chi connectivity index (χ3n) is 4.32. The first-order chi connectivity index (χ1) is 9.72. The zero-order valence-electron chi connectivity index (χ0n) is 12.5. The maximum absolute atomic E-state index is 11.9. The molecule has 2 rings (SSSR count). The highest BCUT2D eigenvalue weighted by molar-refractivity contribution is 5.77. The van der Waals surface area contributed by atoms with E-state index >= 15 is 0 Å². The Morgan fingerprint density at radius 3 is 3.00 bits per heavy atom. The van der Waals surface area contributed by atoms with Gasteiger partial charge in [-0.05, 0) is 32.1 Å². The number of nitrogens with one attached hydrogen (secondary N) is 1. The van der Waals surface area contributed by atoms with Crippen LogP contribution in [0.5, 0.6) is 0 Å². The molecule has 1 aliphatic heterocycles. The fourth-order valence-electron chi connectivity index (χ4n) is 2.91. The van der Waals surface area contributed by atoms with E-state index in [2.05, 4.69) is 18.8 Å². The maximum Gasteiger partial charge on any atom is 0.323 e. The van der Waals surface area contributed by atoms with Crippen LogP contribution in [0.3, 0.4) is 0 Å². The highest BCUT2D eigenvalue weighted by Crippen LogP contribution is 2.54. The Hall–Kier alpha value is -0.870. The van der Waals surface area contributed by atoms with Gasteiger partial charge in [-0.25, -0.2) is 0 Å². The Morgan fingerprint density at radius 1 is 1.40 bits per heavy atom. The predicted octanol–water partition coefficient (Wildman–Crippen LogP) is 2.43. The predicted molar refractivity (Wildman–Crippen MR) is 78.5 cm³/mol. The molecule has 0 aromatic rings. The van der Waals surface area contributed by atoms with Crippen molar-refractivity contribution >= 4 is 5.97 Å². The summed E-state index contributed by atoms with van der Waals surface area (Å²) in [5.41, 5.74) is 0.197. The Balaban J connectivity index is 1.64. The largest absolute Gasteiger partial charge is 0.465 e. The summed E-state index contributed by atoms with van der Waals surface area (Å²) in [6.45, 7) is 7.89. The van der Waals surface area contributed by atoms with E-state index < -0.39 is 0 Å². The van der Waals surface area contributed by atoms with Gasteiger partial charge in [0.05, 0.1) is 13.2 Å². The lowest BCUT2D eigenvalue weighted by molar-refractivity contribution is -0.146. The molecular formula is C16H27NO3. The van der Waals surface area contributed by atoms with Crippen molar-refractivity contribution in [2.24, 2.45) is 5.41 Å². The third-order valence-corrected chi connectivity index (χ3v) is 4.32. The molecular weight excluding hydrogens is 254 g/mol. The number of hydrogen-bond donors (Lipinski definition) is 1. The number of allylic oxidation sites excluding steroid dienone is 1. The van der Waals surface area contributed by atoms with Gasteiger partial charge in [-0.1, -0.05) is 19.4 Å². The highest BCUT2D eigenvalue weighted by Gasteiger charge is 2.61. The molecule has 4 nitrogen and oxygen atoms in total. The molecule has 0 spiro atoms. The molecule has 114 valence electrons. The Morgan fingerprint density at radius 2 is 2.25 bits per heavy atom. The van der Waals surface area contributed by atoms with Crippen LogP contribution >= 0.6 is 0 Å². The van der Waals surface area contributed by atoms with Crippen LogP contribution in [0.15, 0.2) is 12.7 Å². The molecule has 0 unspecified atom stereocenters. The molecule has 1 heterocycles. The summed E-state index contributed by atoms with van der Waals surface area (Å²) < 4.78 is 11.0. The first-order valence-electron chi connectivity index (χ1n) is 7.83. The van der Waals surface area contributed by atoms with Gasteiger partial charge in [-0.15, -0.1) is 6.58 Å². The normalized spacial score (nSPS) is 30.9. The molecule has 1 N–H and O–H groups in total. The number of carbonyl (C=O) groups is 1. The minimum atomic E-state index is -0.123. The quantitative estimate of drug-likeness (QED) is 0.379. The average Bonchev–Trinajstić information content (AvgIpc) is 2.99. The van der Waals surface area contributed by atoms with E-state index in [4.69, 9.17) is 9.47 Å². The summed E-state index contributed by atoms with van der Waals surface area (Å²) in [6, 6.07) is 0.327. The molecule has 4 heteroatoms. The number of hydrogen-bond acceptors (Lipinski definition) is 4. The molecule has 0 bridgehead atoms. The van der Waals surface area contributed by atoms with E-state index in [1.807, 2.05) is 6.08 Å². The molecule has 1 saturated carbocycles. The summed E-state index contributed by atoms with van der Waals surface area (Å²) >= 11 is 0. The Kier molecular flexibility index (Phi) is 5.61. The first kappa shape index (κ1) is 15.5. The Bertz CT molecular complexity index is 345. The molecule has 0 aromatic heterocycles. The van der Waals surface area contributed by atoms with Crippen molar-refractivity contribution in [2.75, 3.05) is 19.8 Å². The lowest BCUT2D eigenvalue weighted by atomic mass is 10.0. The van der Waals surface area contributed by atoms with Crippen molar-refractivity contribution in [3.63, 3.8) is 0 Å². The van der Waals surface area contributed by atoms with Crippen LogP contribution in [-0.4, -0.2) is 37.9 Å². The van der Waals surface area contributed by atoms with Crippen molar-refractivity contribution in [3.8, 4) is 0 Å². The summed E-state index contributed by atoms with van der Waals surface area (Å²) in [4.78, 5) is 11.9.